The molecule has 6 aliphatic rings. The van der Waals surface area contributed by atoms with Crippen molar-refractivity contribution < 1.29 is 47.8 Å². The van der Waals surface area contributed by atoms with Gasteiger partial charge in [-0.15, -0.1) is 0 Å². The van der Waals surface area contributed by atoms with Gasteiger partial charge in [0.25, 0.3) is 11.8 Å². The maximum absolute atomic E-state index is 14.0. The maximum Gasteiger partial charge on any atom is 0.289 e. The Balaban J connectivity index is 0.000000165. The van der Waals surface area contributed by atoms with Crippen molar-refractivity contribution in [3.8, 4) is 50.6 Å². The normalized spacial score (nSPS) is 16.8. The molecule has 21 nitrogen and oxygen atoms in total. The summed E-state index contributed by atoms with van der Waals surface area (Å²) in [5.41, 5.74) is 29.1. The maximum atomic E-state index is 14.0. The van der Waals surface area contributed by atoms with E-state index >= 15 is 0 Å². The van der Waals surface area contributed by atoms with Crippen molar-refractivity contribution in [2.75, 3.05) is 46.0 Å². The number of hydrogen-bond acceptors (Lipinski definition) is 13. The van der Waals surface area contributed by atoms with E-state index in [2.05, 4.69) is 51.2 Å². The van der Waals surface area contributed by atoms with Gasteiger partial charge in [0.05, 0.1) is 36.9 Å². The molecule has 129 heavy (non-hydrogen) atoms. The summed E-state index contributed by atoms with van der Waals surface area (Å²) >= 11 is 39.6. The first-order valence-corrected chi connectivity index (χ1v) is 46.9. The number of ether oxygens (including phenoxy) is 3. The van der Waals surface area contributed by atoms with Crippen LogP contribution in [0.5, 0.6) is 17.2 Å². The lowest BCUT2D eigenvalue weighted by molar-refractivity contribution is -0.144. The van der Waals surface area contributed by atoms with E-state index in [1.54, 1.807) is 4.90 Å². The van der Waals surface area contributed by atoms with Crippen LogP contribution in [0.25, 0.3) is 50.1 Å². The predicted octanol–water partition coefficient (Wildman–Crippen LogP) is 20.7. The van der Waals surface area contributed by atoms with Crippen LogP contribution in [-0.4, -0.2) is 144 Å². The fourth-order valence-corrected chi connectivity index (χ4v) is 20.7. The van der Waals surface area contributed by atoms with Crippen LogP contribution >= 0.6 is 69.6 Å². The Labute approximate surface area is 787 Å². The molecule has 0 radical (unpaired) electrons. The fraction of sp³-hybridized carbons (Fsp3) is 0.431. The number of halogens is 6. The molecule has 5 heterocycles. The standard InChI is InChI=1S/C35H40Cl2N4O4.C34H38Cl2N4O4.C33H39Cl2N3O2/c1-19-15-25(16-20(2)33(19)37)45-14-8-10-26-27-11-12-30(36)32(31-21(3)39-40(6)22(31)4)28(27)17-29(26)34(43)38-24-9-7-13-41(18-24)35(44)23(5)42;1-18-14-24(15-19(2)32(18)36)44-13-7-8-25-26-9-10-29(35)31(30-20(3)38-39(6)21(30)4)27(26)16-28(25)33(42)37-23-11-12-40(17-23)34(43)22(5)41;1-18-9-10-23(14-18)36-33(39)28-17-27-26(11-12-29(34)31(27)30-21(4)37-38(6)22(30)5)25(28)8-7-13-40-24-15-19(2)32(35)20(3)16-24/h11-12,15-16,24H,7-10,13-14,17-18H2,1-6H3,(H,38,43);9-10,14-15,23H,7-8,11-13,16-17H2,1-6H3,(H,37,42);11-12,15-16,18,23H,7-10,13-14,17H2,1-6H3,(H,36,39)/t24-;23-;18-,23+/m111/s1. The highest BCUT2D eigenvalue weighted by Gasteiger charge is 2.39. The minimum absolute atomic E-state index is 0.0527. The summed E-state index contributed by atoms with van der Waals surface area (Å²) < 4.78 is 23.9. The summed E-state index contributed by atoms with van der Waals surface area (Å²) in [4.78, 5) is 92.6. The van der Waals surface area contributed by atoms with Crippen molar-refractivity contribution in [1.82, 2.24) is 55.1 Å². The first kappa shape index (κ1) is 96.6. The van der Waals surface area contributed by atoms with Crippen LogP contribution in [-0.2, 0) is 74.0 Å². The predicted molar refractivity (Wildman–Crippen MR) is 515 cm³/mol. The molecule has 0 bridgehead atoms. The monoisotopic (exact) mass is 1870 g/mol. The Hall–Kier alpha value is -10.0. The SMILES string of the molecule is CC(=O)C(=O)N1CCC[C@@H](NC(=O)C2=C(CCCOc3cc(C)c(Cl)c(C)c3)c3ccc(Cl)c(-c4c(C)nn(C)c4C)c3C2)C1.CC(=O)C(=O)N1CC[C@@H](NC(=O)C2=C(CCCOc3cc(C)c(Cl)c(C)c3)c3ccc(Cl)c(-c4c(C)nn(C)c4C)c3C2)C1.Cc1cc(OCCCC2=C(C(=O)N[C@H]3CC[C@@H](C)C3)Cc3c2ccc(Cl)c3-c2c(C)nn(C)c2C)cc(C)c1Cl. The number of hydrogen-bond donors (Lipinski definition) is 3. The van der Waals surface area contributed by atoms with Gasteiger partial charge in [-0.25, -0.2) is 0 Å². The summed E-state index contributed by atoms with van der Waals surface area (Å²) in [6.45, 7) is 31.8. The number of nitrogens with zero attached hydrogens (tertiary/aromatic N) is 8. The molecule has 2 saturated heterocycles. The van der Waals surface area contributed by atoms with Gasteiger partial charge in [0.2, 0.25) is 29.3 Å². The van der Waals surface area contributed by atoms with Crippen LogP contribution in [0.1, 0.15) is 199 Å². The van der Waals surface area contributed by atoms with Gasteiger partial charge in [-0.2, -0.15) is 15.3 Å². The molecule has 682 valence electrons. The number of rotatable bonds is 26. The molecule has 4 aliphatic carbocycles. The second-order valence-corrected chi connectivity index (χ2v) is 38.1. The van der Waals surface area contributed by atoms with E-state index in [1.807, 2.05) is 178 Å². The zero-order chi connectivity index (χ0) is 93.2. The van der Waals surface area contributed by atoms with E-state index in [4.69, 9.17) is 83.8 Å². The number of likely N-dealkylation sites (tertiary alicyclic amines) is 2. The molecule has 27 heteroatoms. The smallest absolute Gasteiger partial charge is 0.289 e. The van der Waals surface area contributed by atoms with Gasteiger partial charge < -0.3 is 40.0 Å². The summed E-state index contributed by atoms with van der Waals surface area (Å²) in [6, 6.07) is 23.4. The van der Waals surface area contributed by atoms with Gasteiger partial charge in [-0.3, -0.25) is 47.6 Å². The molecule has 0 unspecified atom stereocenters. The number of benzene rings is 6. The highest BCUT2D eigenvalue weighted by Crippen LogP contribution is 2.50. The number of fused-ring (bicyclic) bond motifs is 3. The van der Waals surface area contributed by atoms with Gasteiger partial charge in [0.1, 0.15) is 17.2 Å². The third-order valence-electron chi connectivity index (χ3n) is 26.3. The molecule has 4 atom stereocenters. The van der Waals surface area contributed by atoms with E-state index < -0.39 is 23.4 Å². The Morgan fingerprint density at radius 1 is 0.395 bits per heavy atom. The topological polar surface area (TPSA) is 243 Å². The first-order valence-electron chi connectivity index (χ1n) is 44.6. The number of ketones is 2. The largest absolute Gasteiger partial charge is 0.494 e. The molecule has 3 fully saturated rings. The molecule has 15 rings (SSSR count). The van der Waals surface area contributed by atoms with Crippen molar-refractivity contribution in [2.45, 2.75) is 218 Å². The number of amides is 5. The Kier molecular flexibility index (Phi) is 30.8. The van der Waals surface area contributed by atoms with Crippen LogP contribution in [0.2, 0.25) is 30.1 Å². The van der Waals surface area contributed by atoms with Crippen molar-refractivity contribution in [3.05, 3.63) is 221 Å². The molecule has 2 aliphatic heterocycles. The number of carbonyl (C=O) groups is 7. The van der Waals surface area contributed by atoms with E-state index in [-0.39, 0.29) is 35.8 Å². The average molecular weight is 1870 g/mol. The lowest BCUT2D eigenvalue weighted by atomic mass is 9.93. The van der Waals surface area contributed by atoms with E-state index in [1.165, 1.54) is 18.7 Å². The lowest BCUT2D eigenvalue weighted by Gasteiger charge is -2.32. The third kappa shape index (κ3) is 21.1. The molecule has 9 aromatic rings. The van der Waals surface area contributed by atoms with E-state index in [0.717, 1.165) is 234 Å². The molecule has 1 saturated carbocycles. The molecule has 6 aromatic carbocycles. The lowest BCUT2D eigenvalue weighted by Crippen LogP contribution is -2.51. The number of nitrogens with one attached hydrogen (secondary N) is 3. The van der Waals surface area contributed by atoms with Crippen LogP contribution in [0.3, 0.4) is 0 Å². The number of carbonyl (C=O) groups excluding carboxylic acids is 7. The van der Waals surface area contributed by atoms with Crippen molar-refractivity contribution in [2.24, 2.45) is 27.1 Å². The van der Waals surface area contributed by atoms with Gasteiger partial charge in [-0.1, -0.05) is 94.7 Å². The fourth-order valence-electron chi connectivity index (χ4n) is 19.5. The zero-order valence-corrected chi connectivity index (χ0v) is 81.8. The molecule has 3 aromatic heterocycles. The second kappa shape index (κ2) is 41.2. The third-order valence-corrected chi connectivity index (χ3v) is 29.0. The highest BCUT2D eigenvalue weighted by molar-refractivity contribution is 6.37. The minimum atomic E-state index is -0.512. The van der Waals surface area contributed by atoms with E-state index in [9.17, 15) is 33.6 Å². The highest BCUT2D eigenvalue weighted by atomic mass is 35.5. The molecular weight excluding hydrogens is 1750 g/mol. The van der Waals surface area contributed by atoms with Crippen molar-refractivity contribution in [1.29, 1.82) is 0 Å². The number of piperidine rings is 1. The van der Waals surface area contributed by atoms with Gasteiger partial charge in [-0.05, 0) is 304 Å². The number of Topliss-reactive ketones (excluding diaryl/α,β-unsaturated/α-hetero) is 2. The number of allylic oxidation sites excluding steroid dienone is 3. The Morgan fingerprint density at radius 2 is 0.698 bits per heavy atom. The average Bonchev–Trinajstić information content (AvgIpc) is 1.60. The first-order chi connectivity index (χ1) is 61.3. The molecule has 3 N–H and O–H groups in total. The molecule has 0 spiro atoms. The number of aryl methyl sites for hydroxylation is 12. The van der Waals surface area contributed by atoms with E-state index in [0.29, 0.717) is 129 Å². The van der Waals surface area contributed by atoms with Crippen LogP contribution < -0.4 is 30.2 Å². The molecule has 5 amide bonds. The van der Waals surface area contributed by atoms with Crippen LogP contribution in [0.15, 0.2) is 89.5 Å². The Bertz CT molecular complexity index is 6020. The van der Waals surface area contributed by atoms with Crippen molar-refractivity contribution in [3.63, 3.8) is 0 Å². The Morgan fingerprint density at radius 3 is 0.984 bits per heavy atom. The van der Waals surface area contributed by atoms with Gasteiger partial charge >= 0.3 is 0 Å². The summed E-state index contributed by atoms with van der Waals surface area (Å²) in [6.07, 6.45) is 10.9. The minimum Gasteiger partial charge on any atom is -0.494 e. The van der Waals surface area contributed by atoms with Crippen LogP contribution in [0, 0.1) is 89.0 Å². The zero-order valence-electron chi connectivity index (χ0n) is 77.2. The van der Waals surface area contributed by atoms with Gasteiger partial charge in [0, 0.05) is 196 Å². The molecular formula is C102H117Cl6N11O10. The summed E-state index contributed by atoms with van der Waals surface area (Å²) in [7, 11) is 5.79. The van der Waals surface area contributed by atoms with Gasteiger partial charge in [0.15, 0.2) is 0 Å². The van der Waals surface area contributed by atoms with Crippen LogP contribution in [0.4, 0.5) is 0 Å². The van der Waals surface area contributed by atoms with Crippen molar-refractivity contribution >= 4 is 127 Å². The summed E-state index contributed by atoms with van der Waals surface area (Å²) in [5.74, 6) is 0.745. The number of aromatic nitrogens is 6. The quantitative estimate of drug-likeness (QED) is 0.0338. The summed E-state index contributed by atoms with van der Waals surface area (Å²) in [5, 5.41) is 27.8. The second-order valence-electron chi connectivity index (χ2n) is 35.7.